The van der Waals surface area contributed by atoms with Crippen LogP contribution in [0.4, 0.5) is 0 Å². The van der Waals surface area contributed by atoms with Gasteiger partial charge in [-0.25, -0.2) is 0 Å². The summed E-state index contributed by atoms with van der Waals surface area (Å²) in [6.07, 6.45) is 7.02. The molecule has 3 nitrogen and oxygen atoms in total. The fourth-order valence-electron chi connectivity index (χ4n) is 4.50. The number of rotatable bonds is 2. The highest BCUT2D eigenvalue weighted by Gasteiger charge is 2.41. The lowest BCUT2D eigenvalue weighted by molar-refractivity contribution is 0.0341. The van der Waals surface area contributed by atoms with Gasteiger partial charge >= 0.3 is 0 Å². The highest BCUT2D eigenvalue weighted by molar-refractivity contribution is 4.98. The zero-order valence-electron chi connectivity index (χ0n) is 12.0. The van der Waals surface area contributed by atoms with Crippen LogP contribution in [0.5, 0.6) is 0 Å². The molecule has 0 aliphatic carbocycles. The molecule has 3 aliphatic rings. The fraction of sp³-hybridized carbons (Fsp3) is 1.00. The van der Waals surface area contributed by atoms with Crippen LogP contribution in [0.3, 0.4) is 0 Å². The molecular formula is C15H29N3. The van der Waals surface area contributed by atoms with E-state index in [-0.39, 0.29) is 0 Å². The summed E-state index contributed by atoms with van der Waals surface area (Å²) in [4.78, 5) is 5.42. The molecule has 0 radical (unpaired) electrons. The molecule has 0 saturated carbocycles. The molecule has 18 heavy (non-hydrogen) atoms. The summed E-state index contributed by atoms with van der Waals surface area (Å²) in [6, 6.07) is 2.58. The molecule has 0 aromatic heterocycles. The lowest BCUT2D eigenvalue weighted by Crippen LogP contribution is -2.53. The molecule has 3 saturated heterocycles. The third-order valence-corrected chi connectivity index (χ3v) is 6.04. The van der Waals surface area contributed by atoms with Gasteiger partial charge in [0.2, 0.25) is 0 Å². The minimum absolute atomic E-state index is 0.732. The van der Waals surface area contributed by atoms with Crippen LogP contribution in [-0.2, 0) is 0 Å². The first kappa shape index (κ1) is 12.9. The van der Waals surface area contributed by atoms with Gasteiger partial charge in [-0.05, 0) is 64.1 Å². The largest absolute Gasteiger partial charge is 0.330 e. The summed E-state index contributed by atoms with van der Waals surface area (Å²) in [5.41, 5.74) is 5.94. The van der Waals surface area contributed by atoms with Crippen LogP contribution in [0.2, 0.25) is 0 Å². The Morgan fingerprint density at radius 2 is 1.72 bits per heavy atom. The van der Waals surface area contributed by atoms with Crippen molar-refractivity contribution in [2.24, 2.45) is 17.6 Å². The molecule has 2 bridgehead atoms. The normalized spacial score (nSPS) is 46.5. The maximum absolute atomic E-state index is 5.94. The monoisotopic (exact) mass is 251 g/mol. The molecule has 0 spiro atoms. The SMILES string of the molecule is CC1CCN(C2CC3CCC(C2)N3C)CC1CN. The summed E-state index contributed by atoms with van der Waals surface area (Å²) < 4.78 is 0. The molecule has 0 aromatic carbocycles. The van der Waals surface area contributed by atoms with E-state index < -0.39 is 0 Å². The maximum Gasteiger partial charge on any atom is 0.0125 e. The zero-order valence-corrected chi connectivity index (χ0v) is 12.0. The van der Waals surface area contributed by atoms with Crippen molar-refractivity contribution >= 4 is 0 Å². The summed E-state index contributed by atoms with van der Waals surface area (Å²) in [5, 5.41) is 0. The van der Waals surface area contributed by atoms with Crippen LogP contribution in [0.15, 0.2) is 0 Å². The Kier molecular flexibility index (Phi) is 3.65. The van der Waals surface area contributed by atoms with E-state index in [4.69, 9.17) is 5.73 Å². The molecule has 0 aromatic rings. The van der Waals surface area contributed by atoms with Gasteiger partial charge in [-0.3, -0.25) is 4.90 Å². The van der Waals surface area contributed by atoms with Gasteiger partial charge < -0.3 is 10.6 Å². The van der Waals surface area contributed by atoms with E-state index in [0.29, 0.717) is 0 Å². The van der Waals surface area contributed by atoms with Gasteiger partial charge in [-0.2, -0.15) is 0 Å². The highest BCUT2D eigenvalue weighted by Crippen LogP contribution is 2.37. The molecule has 3 heterocycles. The summed E-state index contributed by atoms with van der Waals surface area (Å²) in [5.74, 6) is 1.56. The number of likely N-dealkylation sites (tertiary alicyclic amines) is 1. The van der Waals surface area contributed by atoms with Gasteiger partial charge in [0.25, 0.3) is 0 Å². The molecule has 3 heteroatoms. The van der Waals surface area contributed by atoms with E-state index in [1.807, 2.05) is 0 Å². The van der Waals surface area contributed by atoms with Gasteiger partial charge in [0.1, 0.15) is 0 Å². The zero-order chi connectivity index (χ0) is 12.7. The number of nitrogens with two attached hydrogens (primary N) is 1. The topological polar surface area (TPSA) is 32.5 Å². The number of hydrogen-bond donors (Lipinski definition) is 1. The van der Waals surface area contributed by atoms with E-state index >= 15 is 0 Å². The van der Waals surface area contributed by atoms with Crippen LogP contribution in [0.25, 0.3) is 0 Å². The van der Waals surface area contributed by atoms with Crippen molar-refractivity contribution in [3.05, 3.63) is 0 Å². The smallest absolute Gasteiger partial charge is 0.0125 e. The van der Waals surface area contributed by atoms with Crippen molar-refractivity contribution in [1.29, 1.82) is 0 Å². The lowest BCUT2D eigenvalue weighted by atomic mass is 9.85. The second kappa shape index (κ2) is 5.10. The maximum atomic E-state index is 5.94. The fourth-order valence-corrected chi connectivity index (χ4v) is 4.50. The standard InChI is InChI=1S/C15H29N3/c1-11-5-6-18(10-12(11)9-16)15-7-13-3-4-14(8-15)17(13)2/h11-15H,3-10,16H2,1-2H3. The van der Waals surface area contributed by atoms with Crippen LogP contribution in [-0.4, -0.2) is 54.6 Å². The first-order chi connectivity index (χ1) is 8.69. The molecule has 3 fully saturated rings. The Balaban J connectivity index is 1.62. The first-order valence-electron chi connectivity index (χ1n) is 7.85. The van der Waals surface area contributed by atoms with Crippen molar-refractivity contribution in [2.45, 2.75) is 57.2 Å². The van der Waals surface area contributed by atoms with Gasteiger partial charge in [0.15, 0.2) is 0 Å². The molecule has 0 amide bonds. The van der Waals surface area contributed by atoms with Gasteiger partial charge in [0, 0.05) is 24.7 Å². The summed E-state index contributed by atoms with van der Waals surface area (Å²) in [7, 11) is 2.33. The quantitative estimate of drug-likeness (QED) is 0.808. The Morgan fingerprint density at radius 1 is 1.06 bits per heavy atom. The molecular weight excluding hydrogens is 222 g/mol. The molecule has 4 atom stereocenters. The van der Waals surface area contributed by atoms with Crippen molar-refractivity contribution in [3.8, 4) is 0 Å². The number of piperidine rings is 2. The summed E-state index contributed by atoms with van der Waals surface area (Å²) in [6.45, 7) is 5.82. The van der Waals surface area contributed by atoms with E-state index in [1.54, 1.807) is 0 Å². The Hall–Kier alpha value is -0.120. The third-order valence-electron chi connectivity index (χ3n) is 6.04. The molecule has 104 valence electrons. The first-order valence-corrected chi connectivity index (χ1v) is 7.85. The number of fused-ring (bicyclic) bond motifs is 2. The lowest BCUT2D eigenvalue weighted by Gasteiger charge is -2.46. The van der Waals surface area contributed by atoms with E-state index in [9.17, 15) is 0 Å². The Bertz CT molecular complexity index is 279. The highest BCUT2D eigenvalue weighted by atomic mass is 15.2. The minimum Gasteiger partial charge on any atom is -0.330 e. The molecule has 3 aliphatic heterocycles. The van der Waals surface area contributed by atoms with Crippen molar-refractivity contribution in [2.75, 3.05) is 26.7 Å². The second-order valence-electron chi connectivity index (χ2n) is 6.93. The van der Waals surface area contributed by atoms with E-state index in [0.717, 1.165) is 36.5 Å². The Labute approximate surface area is 112 Å². The third kappa shape index (κ3) is 2.21. The van der Waals surface area contributed by atoms with Crippen molar-refractivity contribution in [3.63, 3.8) is 0 Å². The average Bonchev–Trinajstić information content (AvgIpc) is 2.62. The van der Waals surface area contributed by atoms with Crippen LogP contribution in [0.1, 0.15) is 39.0 Å². The van der Waals surface area contributed by atoms with Gasteiger partial charge in [-0.15, -0.1) is 0 Å². The molecule has 4 unspecified atom stereocenters. The number of nitrogens with zero attached hydrogens (tertiary/aromatic N) is 2. The molecule has 2 N–H and O–H groups in total. The van der Waals surface area contributed by atoms with Gasteiger partial charge in [-0.1, -0.05) is 6.92 Å². The molecule has 3 rings (SSSR count). The van der Waals surface area contributed by atoms with E-state index in [2.05, 4.69) is 23.8 Å². The van der Waals surface area contributed by atoms with Crippen molar-refractivity contribution in [1.82, 2.24) is 9.80 Å². The number of hydrogen-bond acceptors (Lipinski definition) is 3. The van der Waals surface area contributed by atoms with Crippen LogP contribution in [0, 0.1) is 11.8 Å². The van der Waals surface area contributed by atoms with Crippen LogP contribution < -0.4 is 5.73 Å². The van der Waals surface area contributed by atoms with E-state index in [1.165, 1.54) is 45.2 Å². The summed E-state index contributed by atoms with van der Waals surface area (Å²) >= 11 is 0. The van der Waals surface area contributed by atoms with Crippen LogP contribution >= 0.6 is 0 Å². The second-order valence-corrected chi connectivity index (χ2v) is 6.93. The minimum atomic E-state index is 0.732. The van der Waals surface area contributed by atoms with Gasteiger partial charge in [0.05, 0.1) is 0 Å². The Morgan fingerprint density at radius 3 is 2.33 bits per heavy atom. The predicted octanol–water partition coefficient (Wildman–Crippen LogP) is 1.53. The average molecular weight is 251 g/mol. The van der Waals surface area contributed by atoms with Crippen molar-refractivity contribution < 1.29 is 0 Å². The predicted molar refractivity (Wildman–Crippen MR) is 75.5 cm³/mol.